The van der Waals surface area contributed by atoms with Crippen molar-refractivity contribution in [3.05, 3.63) is 53.6 Å². The smallest absolute Gasteiger partial charge is 0.393 e. The molecule has 22 heavy (non-hydrogen) atoms. The molecule has 0 radical (unpaired) electrons. The quantitative estimate of drug-likeness (QED) is 0.469. The number of carbonyl (C=O) groups excluding carboxylic acids is 2. The number of hydrogen-bond donors (Lipinski definition) is 2. The Labute approximate surface area is 128 Å². The third-order valence-electron chi connectivity index (χ3n) is 2.56. The Bertz CT molecular complexity index is 590. The van der Waals surface area contributed by atoms with E-state index in [1.54, 1.807) is 24.3 Å². The molecule has 0 saturated carbocycles. The van der Waals surface area contributed by atoms with Gasteiger partial charge in [-0.3, -0.25) is 0 Å². The van der Waals surface area contributed by atoms with Gasteiger partial charge in [0.25, 0.3) is 0 Å². The van der Waals surface area contributed by atoms with E-state index in [0.717, 1.165) is 5.56 Å². The minimum atomic E-state index is -2.75. The summed E-state index contributed by atoms with van der Waals surface area (Å²) in [5.41, 5.74) is 0.896. The zero-order valence-corrected chi connectivity index (χ0v) is 12.4. The van der Waals surface area contributed by atoms with Crippen LogP contribution in [0.3, 0.4) is 0 Å². The summed E-state index contributed by atoms with van der Waals surface area (Å²) in [4.78, 5) is 23.3. The summed E-state index contributed by atoms with van der Waals surface area (Å²) in [5.74, 6) is -4.68. The maximum Gasteiger partial charge on any atom is 0.398 e. The molecule has 118 valence electrons. The monoisotopic (exact) mass is 306 g/mol. The fraction of sp³-hybridized carbons (Fsp3) is 0.250. The molecule has 0 spiro atoms. The number of aliphatic hydroxyl groups is 2. The van der Waals surface area contributed by atoms with Crippen molar-refractivity contribution in [1.82, 2.24) is 0 Å². The van der Waals surface area contributed by atoms with Gasteiger partial charge in [-0.1, -0.05) is 36.9 Å². The van der Waals surface area contributed by atoms with Gasteiger partial charge >= 0.3 is 17.9 Å². The molecule has 1 atom stereocenters. The zero-order valence-electron chi connectivity index (χ0n) is 12.4. The molecule has 0 saturated heterocycles. The van der Waals surface area contributed by atoms with Gasteiger partial charge in [0.15, 0.2) is 0 Å². The second kappa shape index (κ2) is 7.53. The standard InChI is InChI=1S/C16H18O6/c1-11(2)14(18)21-16(20,10-17)22-15(19)12(3)9-13-7-5-4-6-8-13/h4-9,17,20H,1,10H2,2-3H3/b12-9+. The van der Waals surface area contributed by atoms with E-state index in [1.807, 2.05) is 6.07 Å². The first-order chi connectivity index (χ1) is 10.3. The Morgan fingerprint density at radius 1 is 1.18 bits per heavy atom. The van der Waals surface area contributed by atoms with Crippen LogP contribution < -0.4 is 0 Å². The summed E-state index contributed by atoms with van der Waals surface area (Å²) in [6.45, 7) is 5.04. The van der Waals surface area contributed by atoms with Crippen molar-refractivity contribution in [3.8, 4) is 0 Å². The average Bonchev–Trinajstić information content (AvgIpc) is 2.47. The van der Waals surface area contributed by atoms with Gasteiger partial charge in [0.2, 0.25) is 0 Å². The van der Waals surface area contributed by atoms with Crippen LogP contribution in [0.4, 0.5) is 0 Å². The van der Waals surface area contributed by atoms with Crippen LogP contribution in [-0.4, -0.2) is 34.7 Å². The first-order valence-corrected chi connectivity index (χ1v) is 6.46. The Hall–Kier alpha value is -2.44. The van der Waals surface area contributed by atoms with Gasteiger partial charge in [-0.25, -0.2) is 9.59 Å². The molecule has 0 aliphatic carbocycles. The lowest BCUT2D eigenvalue weighted by Gasteiger charge is -2.24. The SMILES string of the molecule is C=C(C)C(=O)OC(O)(CO)OC(=O)/C(C)=C/c1ccccc1. The van der Waals surface area contributed by atoms with E-state index >= 15 is 0 Å². The van der Waals surface area contributed by atoms with Gasteiger partial charge in [-0.15, -0.1) is 0 Å². The molecule has 1 rings (SSSR count). The fourth-order valence-corrected chi connectivity index (χ4v) is 1.40. The summed E-state index contributed by atoms with van der Waals surface area (Å²) in [5, 5.41) is 18.9. The Morgan fingerprint density at radius 3 is 2.23 bits per heavy atom. The lowest BCUT2D eigenvalue weighted by atomic mass is 10.1. The van der Waals surface area contributed by atoms with Crippen LogP contribution in [-0.2, 0) is 19.1 Å². The van der Waals surface area contributed by atoms with Crippen LogP contribution in [0.5, 0.6) is 0 Å². The minimum absolute atomic E-state index is 0.0144. The van der Waals surface area contributed by atoms with Crippen molar-refractivity contribution in [1.29, 1.82) is 0 Å². The number of ether oxygens (including phenoxy) is 2. The predicted molar refractivity (Wildman–Crippen MR) is 79.1 cm³/mol. The average molecular weight is 306 g/mol. The van der Waals surface area contributed by atoms with Crippen LogP contribution in [0.15, 0.2) is 48.1 Å². The van der Waals surface area contributed by atoms with E-state index in [2.05, 4.69) is 16.1 Å². The van der Waals surface area contributed by atoms with E-state index < -0.39 is 24.5 Å². The number of carbonyl (C=O) groups is 2. The molecule has 0 bridgehead atoms. The van der Waals surface area contributed by atoms with Gasteiger partial charge in [-0.05, 0) is 25.5 Å². The number of esters is 2. The second-order valence-electron chi connectivity index (χ2n) is 4.67. The molecule has 0 fully saturated rings. The fourth-order valence-electron chi connectivity index (χ4n) is 1.40. The number of hydrogen-bond acceptors (Lipinski definition) is 6. The zero-order chi connectivity index (χ0) is 16.8. The highest BCUT2D eigenvalue weighted by Gasteiger charge is 2.36. The number of benzene rings is 1. The second-order valence-corrected chi connectivity index (χ2v) is 4.67. The Kier molecular flexibility index (Phi) is 6.03. The van der Waals surface area contributed by atoms with Crippen molar-refractivity contribution >= 4 is 18.0 Å². The summed E-state index contributed by atoms with van der Waals surface area (Å²) in [7, 11) is 0. The highest BCUT2D eigenvalue weighted by Crippen LogP contribution is 2.15. The third-order valence-corrected chi connectivity index (χ3v) is 2.56. The molecule has 6 heteroatoms. The molecule has 1 aromatic rings. The molecule has 1 aromatic carbocycles. The van der Waals surface area contributed by atoms with Crippen LogP contribution in [0.1, 0.15) is 19.4 Å². The maximum absolute atomic E-state index is 11.9. The molecule has 0 amide bonds. The molecular formula is C16H18O6. The summed E-state index contributed by atoms with van der Waals surface area (Å²) < 4.78 is 9.17. The summed E-state index contributed by atoms with van der Waals surface area (Å²) >= 11 is 0. The third kappa shape index (κ3) is 5.16. The highest BCUT2D eigenvalue weighted by atomic mass is 16.8. The predicted octanol–water partition coefficient (Wildman–Crippen LogP) is 1.39. The number of aliphatic hydroxyl groups excluding tert-OH is 1. The first kappa shape index (κ1) is 17.6. The normalized spacial score (nSPS) is 13.9. The van der Waals surface area contributed by atoms with Crippen molar-refractivity contribution in [3.63, 3.8) is 0 Å². The van der Waals surface area contributed by atoms with Crippen molar-refractivity contribution in [2.45, 2.75) is 19.8 Å². The highest BCUT2D eigenvalue weighted by molar-refractivity contribution is 5.93. The topological polar surface area (TPSA) is 93.1 Å². The van der Waals surface area contributed by atoms with Crippen LogP contribution in [0, 0.1) is 0 Å². The molecule has 0 aliphatic rings. The van der Waals surface area contributed by atoms with E-state index in [1.165, 1.54) is 19.9 Å². The van der Waals surface area contributed by atoms with E-state index in [4.69, 9.17) is 5.11 Å². The Balaban J connectivity index is 2.82. The van der Waals surface area contributed by atoms with E-state index in [0.29, 0.717) is 0 Å². The maximum atomic E-state index is 11.9. The van der Waals surface area contributed by atoms with Crippen molar-refractivity contribution in [2.75, 3.05) is 6.61 Å². The minimum Gasteiger partial charge on any atom is -0.393 e. The van der Waals surface area contributed by atoms with E-state index in [-0.39, 0.29) is 11.1 Å². The molecule has 2 N–H and O–H groups in total. The van der Waals surface area contributed by atoms with Crippen LogP contribution in [0.2, 0.25) is 0 Å². The first-order valence-electron chi connectivity index (χ1n) is 6.46. The van der Waals surface area contributed by atoms with Gasteiger partial charge < -0.3 is 19.7 Å². The van der Waals surface area contributed by atoms with E-state index in [9.17, 15) is 14.7 Å². The van der Waals surface area contributed by atoms with Gasteiger partial charge in [0, 0.05) is 11.1 Å². The van der Waals surface area contributed by atoms with Gasteiger partial charge in [-0.2, -0.15) is 0 Å². The lowest BCUT2D eigenvalue weighted by Crippen LogP contribution is -2.43. The van der Waals surface area contributed by atoms with Gasteiger partial charge in [0.1, 0.15) is 6.61 Å². The number of rotatable bonds is 6. The molecular weight excluding hydrogens is 288 g/mol. The molecule has 6 nitrogen and oxygen atoms in total. The Morgan fingerprint density at radius 2 is 1.73 bits per heavy atom. The van der Waals surface area contributed by atoms with Gasteiger partial charge in [0.05, 0.1) is 0 Å². The van der Waals surface area contributed by atoms with Crippen molar-refractivity contribution in [2.24, 2.45) is 0 Å². The molecule has 0 aromatic heterocycles. The van der Waals surface area contributed by atoms with Crippen LogP contribution in [0.25, 0.3) is 6.08 Å². The lowest BCUT2D eigenvalue weighted by molar-refractivity contribution is -0.334. The molecule has 1 unspecified atom stereocenters. The summed E-state index contributed by atoms with van der Waals surface area (Å²) in [6, 6.07) is 8.96. The molecule has 0 aliphatic heterocycles. The summed E-state index contributed by atoms with van der Waals surface area (Å²) in [6.07, 6.45) is 1.53. The largest absolute Gasteiger partial charge is 0.398 e. The van der Waals surface area contributed by atoms with Crippen molar-refractivity contribution < 1.29 is 29.3 Å². The molecule has 0 heterocycles. The van der Waals surface area contributed by atoms with Crippen LogP contribution >= 0.6 is 0 Å².